The van der Waals surface area contributed by atoms with E-state index >= 15 is 0 Å². The Balaban J connectivity index is 1.49. The number of hydrogen-bond acceptors (Lipinski definition) is 5. The minimum Gasteiger partial charge on any atom is -0.278 e. The molecule has 2 aliphatic heterocycles. The van der Waals surface area contributed by atoms with Crippen molar-refractivity contribution in [2.75, 3.05) is 13.2 Å². The summed E-state index contributed by atoms with van der Waals surface area (Å²) < 4.78 is 0. The van der Waals surface area contributed by atoms with Gasteiger partial charge in [0.15, 0.2) is 0 Å². The highest BCUT2D eigenvalue weighted by atomic mass is 32.1. The molecule has 134 valence electrons. The lowest BCUT2D eigenvalue weighted by Crippen LogP contribution is -2.41. The van der Waals surface area contributed by atoms with Crippen molar-refractivity contribution >= 4 is 29.2 Å². The number of benzene rings is 1. The maximum atomic E-state index is 12.7. The standard InChI is InChI=1S/C19H19N3O3S/c23-17-18(24)22(19(25)21(17)12-14-6-2-1-3-7-14)13-20-10-4-8-15(20)16-9-5-11-26-16/h1-3,5-7,9,11,15H,4,8,10,12-13H2/t15-/m1/s1. The van der Waals surface area contributed by atoms with Crippen LogP contribution < -0.4 is 0 Å². The van der Waals surface area contributed by atoms with Crippen LogP contribution >= 0.6 is 11.3 Å². The third-order valence-electron chi connectivity index (χ3n) is 4.88. The number of thiophene rings is 1. The van der Waals surface area contributed by atoms with Crippen molar-refractivity contribution in [2.24, 2.45) is 0 Å². The van der Waals surface area contributed by atoms with Crippen LogP contribution in [0.4, 0.5) is 4.79 Å². The van der Waals surface area contributed by atoms with Gasteiger partial charge in [-0.2, -0.15) is 0 Å². The van der Waals surface area contributed by atoms with E-state index in [0.717, 1.165) is 34.7 Å². The fourth-order valence-corrected chi connectivity index (χ4v) is 4.46. The fourth-order valence-electron chi connectivity index (χ4n) is 3.56. The number of imide groups is 2. The van der Waals surface area contributed by atoms with Crippen LogP contribution in [0.15, 0.2) is 47.8 Å². The van der Waals surface area contributed by atoms with E-state index in [1.807, 2.05) is 41.8 Å². The summed E-state index contributed by atoms with van der Waals surface area (Å²) >= 11 is 1.68. The zero-order chi connectivity index (χ0) is 18.1. The molecule has 4 amide bonds. The maximum Gasteiger partial charge on any atom is 0.335 e. The molecular weight excluding hydrogens is 350 g/mol. The number of urea groups is 1. The van der Waals surface area contributed by atoms with Crippen LogP contribution in [0, 0.1) is 0 Å². The van der Waals surface area contributed by atoms with Crippen LogP contribution in [0.3, 0.4) is 0 Å². The maximum absolute atomic E-state index is 12.7. The van der Waals surface area contributed by atoms with Crippen molar-refractivity contribution < 1.29 is 14.4 Å². The first-order valence-electron chi connectivity index (χ1n) is 8.64. The number of likely N-dealkylation sites (tertiary alicyclic amines) is 1. The molecule has 1 aromatic heterocycles. The molecule has 4 rings (SSSR count). The van der Waals surface area contributed by atoms with Gasteiger partial charge in [0, 0.05) is 17.5 Å². The Bertz CT molecular complexity index is 822. The highest BCUT2D eigenvalue weighted by Crippen LogP contribution is 2.35. The molecule has 1 aromatic carbocycles. The van der Waals surface area contributed by atoms with Crippen LogP contribution in [0.5, 0.6) is 0 Å². The van der Waals surface area contributed by atoms with Crippen molar-refractivity contribution in [1.29, 1.82) is 0 Å². The topological polar surface area (TPSA) is 60.9 Å². The summed E-state index contributed by atoms with van der Waals surface area (Å²) in [7, 11) is 0. The predicted molar refractivity (Wildman–Crippen MR) is 97.1 cm³/mol. The molecule has 2 aliphatic rings. The van der Waals surface area contributed by atoms with E-state index < -0.39 is 17.8 Å². The Morgan fingerprint density at radius 2 is 1.73 bits per heavy atom. The quantitative estimate of drug-likeness (QED) is 0.601. The second kappa shape index (κ2) is 7.01. The molecular formula is C19H19N3O3S. The first-order valence-corrected chi connectivity index (χ1v) is 9.52. The molecule has 0 saturated carbocycles. The van der Waals surface area contributed by atoms with Crippen molar-refractivity contribution in [2.45, 2.75) is 25.4 Å². The number of amides is 4. The van der Waals surface area contributed by atoms with E-state index in [-0.39, 0.29) is 19.3 Å². The van der Waals surface area contributed by atoms with E-state index in [9.17, 15) is 14.4 Å². The first-order chi connectivity index (χ1) is 12.6. The van der Waals surface area contributed by atoms with Gasteiger partial charge in [0.05, 0.1) is 13.2 Å². The molecule has 7 heteroatoms. The lowest BCUT2D eigenvalue weighted by molar-refractivity contribution is -0.144. The van der Waals surface area contributed by atoms with Crippen LogP contribution in [-0.2, 0) is 16.1 Å². The summed E-state index contributed by atoms with van der Waals surface area (Å²) in [4.78, 5) is 42.9. The molecule has 3 heterocycles. The first kappa shape index (κ1) is 16.9. The highest BCUT2D eigenvalue weighted by Gasteiger charge is 2.45. The normalized spacial score (nSPS) is 21.2. The Morgan fingerprint density at radius 3 is 2.46 bits per heavy atom. The van der Waals surface area contributed by atoms with E-state index in [0.29, 0.717) is 0 Å². The van der Waals surface area contributed by atoms with Crippen molar-refractivity contribution in [3.05, 3.63) is 58.3 Å². The number of carbonyl (C=O) groups excluding carboxylic acids is 3. The van der Waals surface area contributed by atoms with E-state index in [1.165, 1.54) is 4.88 Å². The van der Waals surface area contributed by atoms with Crippen molar-refractivity contribution in [3.63, 3.8) is 0 Å². The van der Waals surface area contributed by atoms with Crippen molar-refractivity contribution in [3.8, 4) is 0 Å². The zero-order valence-electron chi connectivity index (χ0n) is 14.2. The molecule has 0 aliphatic carbocycles. The van der Waals surface area contributed by atoms with Crippen LogP contribution in [-0.4, -0.2) is 45.8 Å². The van der Waals surface area contributed by atoms with Gasteiger partial charge in [0.2, 0.25) is 0 Å². The molecule has 2 saturated heterocycles. The van der Waals surface area contributed by atoms with Crippen LogP contribution in [0.25, 0.3) is 0 Å². The third kappa shape index (κ3) is 3.04. The Labute approximate surface area is 155 Å². The highest BCUT2D eigenvalue weighted by molar-refractivity contribution is 7.10. The predicted octanol–water partition coefficient (Wildman–Crippen LogP) is 2.83. The molecule has 2 aromatic rings. The number of nitrogens with zero attached hydrogens (tertiary/aromatic N) is 3. The van der Waals surface area contributed by atoms with Gasteiger partial charge in [-0.1, -0.05) is 36.4 Å². The summed E-state index contributed by atoms with van der Waals surface area (Å²) in [6, 6.07) is 13.0. The van der Waals surface area contributed by atoms with Gasteiger partial charge in [-0.05, 0) is 29.9 Å². The van der Waals surface area contributed by atoms with Crippen LogP contribution in [0.2, 0.25) is 0 Å². The second-order valence-corrected chi connectivity index (χ2v) is 7.50. The van der Waals surface area contributed by atoms with Gasteiger partial charge >= 0.3 is 17.8 Å². The Kier molecular flexibility index (Phi) is 4.57. The molecule has 0 radical (unpaired) electrons. The molecule has 0 spiro atoms. The minimum atomic E-state index is -0.745. The van der Waals surface area contributed by atoms with Gasteiger partial charge < -0.3 is 0 Å². The minimum absolute atomic E-state index is 0.120. The fraction of sp³-hybridized carbons (Fsp3) is 0.316. The van der Waals surface area contributed by atoms with Gasteiger partial charge in [-0.3, -0.25) is 19.4 Å². The molecule has 2 fully saturated rings. The van der Waals surface area contributed by atoms with Gasteiger partial charge in [-0.25, -0.2) is 9.69 Å². The summed E-state index contributed by atoms with van der Waals surface area (Å²) in [5.74, 6) is -1.48. The molecule has 0 unspecified atom stereocenters. The molecule has 0 bridgehead atoms. The average molecular weight is 369 g/mol. The largest absolute Gasteiger partial charge is 0.335 e. The summed E-state index contributed by atoms with van der Waals surface area (Å²) in [5, 5.41) is 2.03. The summed E-state index contributed by atoms with van der Waals surface area (Å²) in [6.07, 6.45) is 2.01. The lowest BCUT2D eigenvalue weighted by Gasteiger charge is -2.27. The Morgan fingerprint density at radius 1 is 0.962 bits per heavy atom. The van der Waals surface area contributed by atoms with Crippen molar-refractivity contribution in [1.82, 2.24) is 14.7 Å². The molecule has 26 heavy (non-hydrogen) atoms. The monoisotopic (exact) mass is 369 g/mol. The molecule has 0 N–H and O–H groups in total. The summed E-state index contributed by atoms with van der Waals surface area (Å²) in [5.41, 5.74) is 0.821. The van der Waals surface area contributed by atoms with Gasteiger partial charge in [0.1, 0.15) is 0 Å². The molecule has 6 nitrogen and oxygen atoms in total. The third-order valence-corrected chi connectivity index (χ3v) is 5.85. The van der Waals surface area contributed by atoms with E-state index in [1.54, 1.807) is 11.3 Å². The smallest absolute Gasteiger partial charge is 0.278 e. The summed E-state index contributed by atoms with van der Waals surface area (Å²) in [6.45, 7) is 1.10. The second-order valence-electron chi connectivity index (χ2n) is 6.52. The van der Waals surface area contributed by atoms with Crippen LogP contribution in [0.1, 0.15) is 29.3 Å². The van der Waals surface area contributed by atoms with Gasteiger partial charge in [0.25, 0.3) is 0 Å². The average Bonchev–Trinajstić information content (AvgIpc) is 3.37. The number of hydrogen-bond donors (Lipinski definition) is 0. The van der Waals surface area contributed by atoms with E-state index in [4.69, 9.17) is 0 Å². The zero-order valence-corrected chi connectivity index (χ0v) is 15.0. The lowest BCUT2D eigenvalue weighted by atomic mass is 10.2. The Hall–Kier alpha value is -2.51. The SMILES string of the molecule is O=C1C(=O)N(CN2CCC[C@@H]2c2cccs2)C(=O)N1Cc1ccccc1. The van der Waals surface area contributed by atoms with Gasteiger partial charge in [-0.15, -0.1) is 11.3 Å². The molecule has 1 atom stereocenters. The number of rotatable bonds is 5. The number of carbonyl (C=O) groups is 3. The van der Waals surface area contributed by atoms with E-state index in [2.05, 4.69) is 11.0 Å².